The Bertz CT molecular complexity index is 926. The smallest absolute Gasteiger partial charge is 0.349 e. The van der Waals surface area contributed by atoms with Crippen LogP contribution in [0.4, 0.5) is 13.2 Å². The fourth-order valence-electron chi connectivity index (χ4n) is 2.83. The molecule has 0 aliphatic heterocycles. The van der Waals surface area contributed by atoms with Crippen LogP contribution in [0.2, 0.25) is 0 Å². The van der Waals surface area contributed by atoms with Gasteiger partial charge in [-0.1, -0.05) is 12.1 Å². The molecule has 1 saturated carbocycles. The Hall–Kier alpha value is -2.39. The molecule has 1 heterocycles. The lowest BCUT2D eigenvalue weighted by atomic mass is 10.1. The second-order valence-corrected chi connectivity index (χ2v) is 6.64. The van der Waals surface area contributed by atoms with Crippen LogP contribution in [0.25, 0.3) is 5.69 Å². The third kappa shape index (κ3) is 4.71. The zero-order valence-corrected chi connectivity index (χ0v) is 15.8. The highest BCUT2D eigenvalue weighted by molar-refractivity contribution is 5.92. The predicted molar refractivity (Wildman–Crippen MR) is 99.9 cm³/mol. The van der Waals surface area contributed by atoms with Gasteiger partial charge in [0.1, 0.15) is 0 Å². The number of hydrogen-bond donors (Lipinski definition) is 2. The number of carbonyl (C=O) groups excluding carboxylic acids is 1. The summed E-state index contributed by atoms with van der Waals surface area (Å²) < 4.78 is 40.9. The molecule has 152 valence electrons. The molecular formula is C18H20ClF3N4O2. The first kappa shape index (κ1) is 21.9. The van der Waals surface area contributed by atoms with Gasteiger partial charge in [0.25, 0.3) is 5.91 Å². The second kappa shape index (κ2) is 8.32. The van der Waals surface area contributed by atoms with Crippen molar-refractivity contribution in [2.75, 3.05) is 6.54 Å². The minimum absolute atomic E-state index is 0. The van der Waals surface area contributed by atoms with Gasteiger partial charge in [0, 0.05) is 24.3 Å². The molecule has 1 atom stereocenters. The van der Waals surface area contributed by atoms with E-state index in [0.29, 0.717) is 5.92 Å². The van der Waals surface area contributed by atoms with Gasteiger partial charge in [0.05, 0.1) is 11.3 Å². The number of amides is 1. The summed E-state index contributed by atoms with van der Waals surface area (Å²) in [5.74, 6) is -0.402. The van der Waals surface area contributed by atoms with Crippen LogP contribution in [0, 0.1) is 12.8 Å². The fraction of sp³-hybridized carbons (Fsp3) is 0.389. The normalized spacial score (nSPS) is 14.9. The Morgan fingerprint density at radius 2 is 2.00 bits per heavy atom. The number of aryl methyl sites for hydroxylation is 1. The quantitative estimate of drug-likeness (QED) is 0.783. The number of carbonyl (C=O) groups is 1. The Morgan fingerprint density at radius 3 is 2.61 bits per heavy atom. The summed E-state index contributed by atoms with van der Waals surface area (Å²) in [6.07, 6.45) is -2.60. The van der Waals surface area contributed by atoms with Crippen LogP contribution >= 0.6 is 12.4 Å². The molecule has 0 spiro atoms. The summed E-state index contributed by atoms with van der Waals surface area (Å²) in [7, 11) is 0. The maximum absolute atomic E-state index is 13.3. The van der Waals surface area contributed by atoms with Crippen molar-refractivity contribution in [3.05, 3.63) is 57.5 Å². The number of para-hydroxylation sites is 1. The molecule has 10 heteroatoms. The van der Waals surface area contributed by atoms with E-state index in [9.17, 15) is 22.8 Å². The van der Waals surface area contributed by atoms with Crippen LogP contribution in [0.1, 0.15) is 34.6 Å². The molecule has 1 aromatic heterocycles. The Kier molecular flexibility index (Phi) is 6.51. The van der Waals surface area contributed by atoms with Crippen molar-refractivity contribution >= 4 is 18.3 Å². The zero-order chi connectivity index (χ0) is 19.8. The van der Waals surface area contributed by atoms with Crippen molar-refractivity contribution in [1.29, 1.82) is 0 Å². The van der Waals surface area contributed by atoms with Crippen molar-refractivity contribution < 1.29 is 18.0 Å². The first-order chi connectivity index (χ1) is 12.7. The summed E-state index contributed by atoms with van der Waals surface area (Å²) in [6.45, 7) is 1.63. The Labute approximate surface area is 165 Å². The number of nitrogens with two attached hydrogens (primary N) is 1. The molecular weight excluding hydrogens is 397 g/mol. The number of halogens is 4. The molecule has 1 unspecified atom stereocenters. The molecule has 2 aromatic rings. The third-order valence-corrected chi connectivity index (χ3v) is 4.49. The van der Waals surface area contributed by atoms with E-state index < -0.39 is 28.8 Å². The van der Waals surface area contributed by atoms with Crippen LogP contribution < -0.4 is 16.5 Å². The summed E-state index contributed by atoms with van der Waals surface area (Å²) in [6, 6.07) is 5.72. The Morgan fingerprint density at radius 1 is 1.36 bits per heavy atom. The van der Waals surface area contributed by atoms with E-state index in [2.05, 4.69) is 10.4 Å². The fourth-order valence-corrected chi connectivity index (χ4v) is 2.83. The van der Waals surface area contributed by atoms with E-state index in [4.69, 9.17) is 5.73 Å². The molecule has 0 radical (unpaired) electrons. The van der Waals surface area contributed by atoms with Crippen LogP contribution in [-0.2, 0) is 6.18 Å². The van der Waals surface area contributed by atoms with Gasteiger partial charge < -0.3 is 11.1 Å². The highest BCUT2D eigenvalue weighted by Crippen LogP contribution is 2.33. The lowest BCUT2D eigenvalue weighted by Gasteiger charge is -2.17. The second-order valence-electron chi connectivity index (χ2n) is 6.64. The summed E-state index contributed by atoms with van der Waals surface area (Å²) in [4.78, 5) is 24.5. The SMILES string of the molecule is Cc1cc(=O)c(C(=O)NCC(N)C2CC2)nn1-c1ccccc1C(F)(F)F.Cl. The molecule has 1 aliphatic rings. The van der Waals surface area contributed by atoms with E-state index in [1.165, 1.54) is 25.1 Å². The first-order valence-corrected chi connectivity index (χ1v) is 8.50. The average molecular weight is 417 g/mol. The molecule has 3 N–H and O–H groups in total. The standard InChI is InChI=1S/C18H19F3N4O2.ClH/c1-10-8-15(26)16(17(27)23-9-13(22)11-6-7-11)24-25(10)14-5-3-2-4-12(14)18(19,20)21;/h2-5,8,11,13H,6-7,9,22H2,1H3,(H,23,27);1H. The van der Waals surface area contributed by atoms with Crippen molar-refractivity contribution in [1.82, 2.24) is 15.1 Å². The summed E-state index contributed by atoms with van der Waals surface area (Å²) in [5.41, 5.74) is 3.79. The van der Waals surface area contributed by atoms with E-state index in [1.54, 1.807) is 0 Å². The van der Waals surface area contributed by atoms with Crippen molar-refractivity contribution in [3.8, 4) is 5.69 Å². The van der Waals surface area contributed by atoms with Crippen molar-refractivity contribution in [3.63, 3.8) is 0 Å². The van der Waals surface area contributed by atoms with E-state index in [1.807, 2.05) is 0 Å². The zero-order valence-electron chi connectivity index (χ0n) is 15.0. The molecule has 0 saturated heterocycles. The monoisotopic (exact) mass is 416 g/mol. The van der Waals surface area contributed by atoms with Crippen LogP contribution in [-0.4, -0.2) is 28.3 Å². The third-order valence-electron chi connectivity index (χ3n) is 4.49. The molecule has 0 bridgehead atoms. The van der Waals surface area contributed by atoms with E-state index in [0.717, 1.165) is 29.7 Å². The molecule has 1 aromatic carbocycles. The van der Waals surface area contributed by atoms with Gasteiger partial charge in [-0.3, -0.25) is 9.59 Å². The largest absolute Gasteiger partial charge is 0.418 e. The number of nitrogens with one attached hydrogen (secondary N) is 1. The molecule has 1 aliphatic carbocycles. The highest BCUT2D eigenvalue weighted by atomic mass is 35.5. The van der Waals surface area contributed by atoms with Crippen LogP contribution in [0.3, 0.4) is 0 Å². The molecule has 1 fully saturated rings. The van der Waals surface area contributed by atoms with Gasteiger partial charge >= 0.3 is 6.18 Å². The first-order valence-electron chi connectivity index (χ1n) is 8.50. The predicted octanol–water partition coefficient (Wildman–Crippen LogP) is 2.45. The lowest BCUT2D eigenvalue weighted by molar-refractivity contribution is -0.137. The van der Waals surface area contributed by atoms with Crippen LogP contribution in [0.5, 0.6) is 0 Å². The van der Waals surface area contributed by atoms with Gasteiger partial charge in [-0.2, -0.15) is 18.3 Å². The molecule has 6 nitrogen and oxygen atoms in total. The van der Waals surface area contributed by atoms with Gasteiger partial charge in [-0.25, -0.2) is 4.68 Å². The number of benzene rings is 1. The summed E-state index contributed by atoms with van der Waals surface area (Å²) in [5, 5.41) is 6.45. The van der Waals surface area contributed by atoms with Gasteiger partial charge in [0.15, 0.2) is 5.69 Å². The van der Waals surface area contributed by atoms with Gasteiger partial charge in [0.2, 0.25) is 5.43 Å². The molecule has 28 heavy (non-hydrogen) atoms. The summed E-state index contributed by atoms with van der Waals surface area (Å²) >= 11 is 0. The molecule has 1 amide bonds. The highest BCUT2D eigenvalue weighted by Gasteiger charge is 2.34. The maximum atomic E-state index is 13.3. The minimum Gasteiger partial charge on any atom is -0.349 e. The number of aromatic nitrogens is 2. The maximum Gasteiger partial charge on any atom is 0.418 e. The lowest BCUT2D eigenvalue weighted by Crippen LogP contribution is -2.40. The van der Waals surface area contributed by atoms with E-state index >= 15 is 0 Å². The number of nitrogens with zero attached hydrogens (tertiary/aromatic N) is 2. The Balaban J connectivity index is 0.00000280. The topological polar surface area (TPSA) is 90.0 Å². The van der Waals surface area contributed by atoms with Crippen molar-refractivity contribution in [2.24, 2.45) is 11.7 Å². The van der Waals surface area contributed by atoms with Crippen molar-refractivity contribution in [2.45, 2.75) is 32.0 Å². The van der Waals surface area contributed by atoms with Gasteiger partial charge in [-0.05, 0) is 37.8 Å². The molecule has 3 rings (SSSR count). The van der Waals surface area contributed by atoms with Gasteiger partial charge in [-0.15, -0.1) is 12.4 Å². The average Bonchev–Trinajstić information content (AvgIpc) is 3.44. The van der Waals surface area contributed by atoms with Crippen LogP contribution in [0.15, 0.2) is 35.1 Å². The number of hydrogen-bond acceptors (Lipinski definition) is 4. The number of alkyl halides is 3. The number of rotatable bonds is 5. The minimum atomic E-state index is -4.60. The van der Waals surface area contributed by atoms with E-state index in [-0.39, 0.29) is 36.4 Å².